The normalized spacial score (nSPS) is 15.2. The summed E-state index contributed by atoms with van der Waals surface area (Å²) in [6, 6.07) is 19.1. The second-order valence-corrected chi connectivity index (χ2v) is 7.01. The Morgan fingerprint density at radius 3 is 2.41 bits per heavy atom. The molecule has 1 aliphatic rings. The van der Waals surface area contributed by atoms with Gasteiger partial charge in [0.25, 0.3) is 5.91 Å². The molecule has 1 aliphatic carbocycles. The van der Waals surface area contributed by atoms with Crippen LogP contribution in [0.15, 0.2) is 79.0 Å². The van der Waals surface area contributed by atoms with Crippen LogP contribution in [0.2, 0.25) is 0 Å². The Hall–Kier alpha value is -3.67. The first-order valence-corrected chi connectivity index (χ1v) is 9.67. The number of allylic oxidation sites excluding steroid dienone is 2. The van der Waals surface area contributed by atoms with Gasteiger partial charge in [-0.15, -0.1) is 0 Å². The van der Waals surface area contributed by atoms with Crippen molar-refractivity contribution in [2.45, 2.75) is 19.3 Å². The Bertz CT molecular complexity index is 1030. The number of nitrogens with zero attached hydrogens (tertiary/aromatic N) is 2. The molecule has 0 spiro atoms. The van der Waals surface area contributed by atoms with Crippen LogP contribution in [-0.2, 0) is 4.79 Å². The zero-order valence-electron chi connectivity index (χ0n) is 15.9. The van der Waals surface area contributed by atoms with Crippen molar-refractivity contribution in [1.82, 2.24) is 20.6 Å². The lowest BCUT2D eigenvalue weighted by Gasteiger charge is -2.10. The van der Waals surface area contributed by atoms with Crippen molar-refractivity contribution in [2.24, 2.45) is 5.92 Å². The summed E-state index contributed by atoms with van der Waals surface area (Å²) in [5, 5.41) is 4.62. The molecule has 6 heteroatoms. The largest absolute Gasteiger partial charge is 0.273 e. The van der Waals surface area contributed by atoms with Crippen LogP contribution in [0.4, 0.5) is 0 Å². The van der Waals surface area contributed by atoms with Crippen molar-refractivity contribution in [3.05, 3.63) is 84.6 Å². The number of benzene rings is 2. The number of nitrogens with one attached hydrogen (secondary N) is 2. The first kappa shape index (κ1) is 18.7. The summed E-state index contributed by atoms with van der Waals surface area (Å²) in [4.78, 5) is 25.0. The van der Waals surface area contributed by atoms with Gasteiger partial charge in [-0.1, -0.05) is 60.7 Å². The van der Waals surface area contributed by atoms with E-state index in [1.807, 2.05) is 60.7 Å². The second-order valence-electron chi connectivity index (χ2n) is 7.01. The smallest absolute Gasteiger partial charge is 0.273 e. The standard InChI is InChI=1S/C23H22N4O2/c28-21(15-17-9-7-8-10-17)24-25-23(29)20-16-27(19-13-5-2-6-14-19)26-22(20)18-11-3-1-4-12-18/h1-7,9,11-14,16-17H,8,10,15H2,(H,24,28)(H,25,29). The minimum absolute atomic E-state index is 0.202. The van der Waals surface area contributed by atoms with Gasteiger partial charge in [0.2, 0.25) is 5.91 Å². The van der Waals surface area contributed by atoms with E-state index in [0.717, 1.165) is 24.1 Å². The highest BCUT2D eigenvalue weighted by molar-refractivity contribution is 6.00. The third-order valence-electron chi connectivity index (χ3n) is 4.90. The van der Waals surface area contributed by atoms with Gasteiger partial charge in [-0.25, -0.2) is 4.68 Å². The number of aromatic nitrogens is 2. The molecule has 1 atom stereocenters. The summed E-state index contributed by atoms with van der Waals surface area (Å²) in [5.74, 6) is -0.361. The van der Waals surface area contributed by atoms with Crippen molar-refractivity contribution >= 4 is 11.8 Å². The van der Waals surface area contributed by atoms with Crippen LogP contribution >= 0.6 is 0 Å². The lowest BCUT2D eigenvalue weighted by Crippen LogP contribution is -2.42. The van der Waals surface area contributed by atoms with Gasteiger partial charge in [0, 0.05) is 18.2 Å². The van der Waals surface area contributed by atoms with E-state index in [0.29, 0.717) is 17.7 Å². The molecule has 1 aromatic heterocycles. The van der Waals surface area contributed by atoms with Crippen LogP contribution in [-0.4, -0.2) is 21.6 Å². The van der Waals surface area contributed by atoms with E-state index in [9.17, 15) is 9.59 Å². The summed E-state index contributed by atoms with van der Waals surface area (Å²) < 4.78 is 1.67. The molecule has 29 heavy (non-hydrogen) atoms. The van der Waals surface area contributed by atoms with Gasteiger partial charge in [-0.2, -0.15) is 5.10 Å². The highest BCUT2D eigenvalue weighted by atomic mass is 16.2. The maximum absolute atomic E-state index is 12.8. The summed E-state index contributed by atoms with van der Waals surface area (Å²) in [6.07, 6.45) is 8.16. The minimum Gasteiger partial charge on any atom is -0.273 e. The van der Waals surface area contributed by atoms with E-state index >= 15 is 0 Å². The molecule has 2 N–H and O–H groups in total. The Balaban J connectivity index is 1.54. The Morgan fingerprint density at radius 1 is 1.00 bits per heavy atom. The molecule has 3 aromatic rings. The maximum Gasteiger partial charge on any atom is 0.273 e. The molecular weight excluding hydrogens is 364 g/mol. The van der Waals surface area contributed by atoms with Gasteiger partial charge in [0.05, 0.1) is 11.3 Å². The number of amides is 2. The van der Waals surface area contributed by atoms with Gasteiger partial charge in [-0.05, 0) is 30.9 Å². The van der Waals surface area contributed by atoms with Crippen LogP contribution in [0.5, 0.6) is 0 Å². The van der Waals surface area contributed by atoms with Crippen LogP contribution in [0.1, 0.15) is 29.6 Å². The SMILES string of the molecule is O=C(CC1C=CCC1)NNC(=O)c1cn(-c2ccccc2)nc1-c1ccccc1. The maximum atomic E-state index is 12.8. The zero-order chi connectivity index (χ0) is 20.1. The number of rotatable bonds is 5. The first-order chi connectivity index (χ1) is 14.2. The third kappa shape index (κ3) is 4.43. The van der Waals surface area contributed by atoms with Crippen LogP contribution in [0.25, 0.3) is 16.9 Å². The molecule has 0 aliphatic heterocycles. The Morgan fingerprint density at radius 2 is 1.72 bits per heavy atom. The summed E-state index contributed by atoms with van der Waals surface area (Å²) >= 11 is 0. The number of carbonyl (C=O) groups excluding carboxylic acids is 2. The monoisotopic (exact) mass is 386 g/mol. The van der Waals surface area contributed by atoms with E-state index in [2.05, 4.69) is 28.1 Å². The summed E-state index contributed by atoms with van der Waals surface area (Å²) in [7, 11) is 0. The van der Waals surface area contributed by atoms with Crippen molar-refractivity contribution in [3.8, 4) is 16.9 Å². The van der Waals surface area contributed by atoms with E-state index < -0.39 is 5.91 Å². The average molecular weight is 386 g/mol. The lowest BCUT2D eigenvalue weighted by molar-refractivity contribution is -0.122. The third-order valence-corrected chi connectivity index (χ3v) is 4.90. The summed E-state index contributed by atoms with van der Waals surface area (Å²) in [5.41, 5.74) is 7.68. The Kier molecular flexibility index (Phi) is 5.52. The molecule has 0 saturated heterocycles. The molecular formula is C23H22N4O2. The van der Waals surface area contributed by atoms with Crippen LogP contribution in [0.3, 0.4) is 0 Å². The number of hydrazine groups is 1. The zero-order valence-corrected chi connectivity index (χ0v) is 15.9. The number of para-hydroxylation sites is 1. The number of hydrogen-bond acceptors (Lipinski definition) is 3. The topological polar surface area (TPSA) is 76.0 Å². The van der Waals surface area contributed by atoms with Crippen molar-refractivity contribution in [3.63, 3.8) is 0 Å². The van der Waals surface area contributed by atoms with Gasteiger partial charge in [-0.3, -0.25) is 20.4 Å². The van der Waals surface area contributed by atoms with Crippen LogP contribution < -0.4 is 10.9 Å². The van der Waals surface area contributed by atoms with Gasteiger partial charge in [0.15, 0.2) is 0 Å². The van der Waals surface area contributed by atoms with Gasteiger partial charge in [0.1, 0.15) is 5.69 Å². The van der Waals surface area contributed by atoms with Crippen molar-refractivity contribution in [2.75, 3.05) is 0 Å². The Labute approximate surface area is 169 Å². The molecule has 0 fully saturated rings. The van der Waals surface area contributed by atoms with E-state index in [-0.39, 0.29) is 11.8 Å². The van der Waals surface area contributed by atoms with Gasteiger partial charge >= 0.3 is 0 Å². The van der Waals surface area contributed by atoms with Gasteiger partial charge < -0.3 is 0 Å². The highest BCUT2D eigenvalue weighted by Crippen LogP contribution is 2.24. The quantitative estimate of drug-likeness (QED) is 0.519. The predicted octanol–water partition coefficient (Wildman–Crippen LogP) is 3.66. The lowest BCUT2D eigenvalue weighted by atomic mass is 10.1. The fourth-order valence-corrected chi connectivity index (χ4v) is 3.41. The summed E-state index contributed by atoms with van der Waals surface area (Å²) in [6.45, 7) is 0. The molecule has 1 heterocycles. The van der Waals surface area contributed by atoms with Crippen molar-refractivity contribution < 1.29 is 9.59 Å². The van der Waals surface area contributed by atoms with Crippen molar-refractivity contribution in [1.29, 1.82) is 0 Å². The molecule has 0 bridgehead atoms. The molecule has 146 valence electrons. The van der Waals surface area contributed by atoms with Crippen LogP contribution in [0, 0.1) is 5.92 Å². The second kappa shape index (κ2) is 8.56. The molecule has 2 amide bonds. The fourth-order valence-electron chi connectivity index (χ4n) is 3.41. The van der Waals surface area contributed by atoms with E-state index in [1.54, 1.807) is 10.9 Å². The predicted molar refractivity (Wildman–Crippen MR) is 111 cm³/mol. The average Bonchev–Trinajstić information content (AvgIpc) is 3.43. The molecule has 0 radical (unpaired) electrons. The number of hydrogen-bond donors (Lipinski definition) is 2. The molecule has 4 rings (SSSR count). The highest BCUT2D eigenvalue weighted by Gasteiger charge is 2.20. The first-order valence-electron chi connectivity index (χ1n) is 9.67. The molecule has 2 aromatic carbocycles. The number of carbonyl (C=O) groups is 2. The van der Waals surface area contributed by atoms with E-state index in [4.69, 9.17) is 0 Å². The minimum atomic E-state index is -0.402. The fraction of sp³-hybridized carbons (Fsp3) is 0.174. The molecule has 1 unspecified atom stereocenters. The van der Waals surface area contributed by atoms with E-state index in [1.165, 1.54) is 0 Å². The molecule has 6 nitrogen and oxygen atoms in total. The molecule has 0 saturated carbocycles.